The number of nitrogens with zero attached hydrogens (tertiary/aromatic N) is 2. The predicted octanol–water partition coefficient (Wildman–Crippen LogP) is 0.715. The summed E-state index contributed by atoms with van der Waals surface area (Å²) in [5.41, 5.74) is 7.34. The molecule has 1 aliphatic carbocycles. The fraction of sp³-hybridized carbons (Fsp3) is 0.727. The first-order valence-electron chi connectivity index (χ1n) is 5.46. The van der Waals surface area contributed by atoms with E-state index in [0.717, 1.165) is 6.42 Å². The van der Waals surface area contributed by atoms with Crippen LogP contribution in [-0.4, -0.2) is 29.0 Å². The number of hydrogen-bond donors (Lipinski definition) is 1. The van der Waals surface area contributed by atoms with Crippen molar-refractivity contribution in [2.75, 3.05) is 7.11 Å². The molecule has 1 saturated carbocycles. The summed E-state index contributed by atoms with van der Waals surface area (Å²) < 4.78 is 7.27. The normalized spacial score (nSPS) is 20.2. The quantitative estimate of drug-likeness (QED) is 0.777. The van der Waals surface area contributed by atoms with Crippen molar-refractivity contribution in [1.29, 1.82) is 0 Å². The summed E-state index contributed by atoms with van der Waals surface area (Å²) in [6, 6.07) is 0.0895. The van der Waals surface area contributed by atoms with Gasteiger partial charge in [0.25, 0.3) is 0 Å². The fourth-order valence-electron chi connectivity index (χ4n) is 2.11. The van der Waals surface area contributed by atoms with Gasteiger partial charge in [0.15, 0.2) is 0 Å². The zero-order chi connectivity index (χ0) is 10.8. The average Bonchev–Trinajstić information content (AvgIpc) is 2.93. The molecule has 1 heterocycles. The highest BCUT2D eigenvalue weighted by Gasteiger charge is 2.35. The van der Waals surface area contributed by atoms with E-state index in [0.29, 0.717) is 5.92 Å². The van der Waals surface area contributed by atoms with Crippen molar-refractivity contribution in [3.8, 4) is 0 Å². The lowest BCUT2D eigenvalue weighted by molar-refractivity contribution is 0.0627. The van der Waals surface area contributed by atoms with Crippen LogP contribution >= 0.6 is 0 Å². The number of methoxy groups -OCH3 is 1. The van der Waals surface area contributed by atoms with E-state index in [-0.39, 0.29) is 12.1 Å². The van der Waals surface area contributed by atoms with Crippen LogP contribution in [-0.2, 0) is 18.2 Å². The molecule has 0 spiro atoms. The molecular weight excluding hydrogens is 190 g/mol. The molecule has 0 aliphatic heterocycles. The Kier molecular flexibility index (Phi) is 3.07. The van der Waals surface area contributed by atoms with Gasteiger partial charge in [0.1, 0.15) is 0 Å². The lowest BCUT2D eigenvalue weighted by Crippen LogP contribution is -2.39. The first-order valence-corrected chi connectivity index (χ1v) is 5.46. The molecule has 15 heavy (non-hydrogen) atoms. The maximum atomic E-state index is 6.15. The molecule has 0 bridgehead atoms. The van der Waals surface area contributed by atoms with E-state index in [9.17, 15) is 0 Å². The van der Waals surface area contributed by atoms with Crippen molar-refractivity contribution in [3.63, 3.8) is 0 Å². The number of hydrogen-bond acceptors (Lipinski definition) is 3. The van der Waals surface area contributed by atoms with E-state index in [4.69, 9.17) is 10.5 Å². The minimum atomic E-state index is 0.0895. The Bertz CT molecular complexity index is 319. The molecule has 0 radical (unpaired) electrons. The first-order chi connectivity index (χ1) is 7.20. The third-order valence-corrected chi connectivity index (χ3v) is 3.01. The second-order valence-electron chi connectivity index (χ2n) is 4.43. The summed E-state index contributed by atoms with van der Waals surface area (Å²) in [5, 5.41) is 4.14. The van der Waals surface area contributed by atoms with Gasteiger partial charge in [-0.3, -0.25) is 4.68 Å². The van der Waals surface area contributed by atoms with Gasteiger partial charge in [-0.05, 0) is 30.7 Å². The Morgan fingerprint density at radius 3 is 2.87 bits per heavy atom. The summed E-state index contributed by atoms with van der Waals surface area (Å²) >= 11 is 0. The zero-order valence-electron chi connectivity index (χ0n) is 9.39. The van der Waals surface area contributed by atoms with Crippen LogP contribution in [0.5, 0.6) is 0 Å². The summed E-state index contributed by atoms with van der Waals surface area (Å²) in [6.45, 7) is 0. The number of nitrogens with two attached hydrogens (primary N) is 1. The SMILES string of the molecule is COC(C(N)Cc1cnn(C)c1)C1CC1. The van der Waals surface area contributed by atoms with Gasteiger partial charge < -0.3 is 10.5 Å². The van der Waals surface area contributed by atoms with Crippen molar-refractivity contribution in [2.24, 2.45) is 18.7 Å². The molecule has 2 N–H and O–H groups in total. The van der Waals surface area contributed by atoms with Crippen LogP contribution in [0.25, 0.3) is 0 Å². The number of aromatic nitrogens is 2. The Balaban J connectivity index is 1.92. The second kappa shape index (κ2) is 4.33. The largest absolute Gasteiger partial charge is 0.380 e. The Morgan fingerprint density at radius 2 is 2.40 bits per heavy atom. The molecule has 1 aliphatic rings. The molecule has 1 aromatic rings. The van der Waals surface area contributed by atoms with Crippen LogP contribution in [0.4, 0.5) is 0 Å². The van der Waals surface area contributed by atoms with Crippen LogP contribution in [0.15, 0.2) is 12.4 Å². The van der Waals surface area contributed by atoms with Gasteiger partial charge in [0, 0.05) is 26.4 Å². The molecule has 1 fully saturated rings. The van der Waals surface area contributed by atoms with Crippen molar-refractivity contribution in [1.82, 2.24) is 9.78 Å². The Hall–Kier alpha value is -0.870. The van der Waals surface area contributed by atoms with Gasteiger partial charge in [0.2, 0.25) is 0 Å². The molecule has 0 aromatic carbocycles. The highest BCUT2D eigenvalue weighted by Crippen LogP contribution is 2.35. The summed E-state index contributed by atoms with van der Waals surface area (Å²) in [7, 11) is 3.68. The predicted molar refractivity (Wildman–Crippen MR) is 58.4 cm³/mol. The van der Waals surface area contributed by atoms with Gasteiger partial charge in [-0.1, -0.05) is 0 Å². The van der Waals surface area contributed by atoms with Crippen LogP contribution in [0.3, 0.4) is 0 Å². The molecular formula is C11H19N3O. The Morgan fingerprint density at radius 1 is 1.67 bits per heavy atom. The number of rotatable bonds is 5. The van der Waals surface area contributed by atoms with Crippen molar-refractivity contribution < 1.29 is 4.74 Å². The lowest BCUT2D eigenvalue weighted by atomic mass is 10.0. The van der Waals surface area contributed by atoms with Gasteiger partial charge in [-0.15, -0.1) is 0 Å². The highest BCUT2D eigenvalue weighted by atomic mass is 16.5. The van der Waals surface area contributed by atoms with E-state index in [1.54, 1.807) is 11.8 Å². The maximum Gasteiger partial charge on any atom is 0.0753 e. The molecule has 2 unspecified atom stereocenters. The summed E-state index contributed by atoms with van der Waals surface area (Å²) in [4.78, 5) is 0. The number of ether oxygens (including phenoxy) is 1. The number of aryl methyl sites for hydroxylation is 1. The third kappa shape index (κ3) is 2.58. The van der Waals surface area contributed by atoms with Gasteiger partial charge >= 0.3 is 0 Å². The molecule has 84 valence electrons. The summed E-state index contributed by atoms with van der Waals surface area (Å²) in [6.07, 6.45) is 7.48. The smallest absolute Gasteiger partial charge is 0.0753 e. The zero-order valence-corrected chi connectivity index (χ0v) is 9.39. The van der Waals surface area contributed by atoms with Crippen LogP contribution < -0.4 is 5.73 Å². The average molecular weight is 209 g/mol. The molecule has 0 amide bonds. The maximum absolute atomic E-state index is 6.15. The highest BCUT2D eigenvalue weighted by molar-refractivity contribution is 5.07. The lowest BCUT2D eigenvalue weighted by Gasteiger charge is -2.21. The topological polar surface area (TPSA) is 53.1 Å². The van der Waals surface area contributed by atoms with E-state index in [1.807, 2.05) is 19.4 Å². The third-order valence-electron chi connectivity index (χ3n) is 3.01. The fourth-order valence-corrected chi connectivity index (χ4v) is 2.11. The molecule has 0 saturated heterocycles. The molecule has 2 rings (SSSR count). The van der Waals surface area contributed by atoms with Crippen molar-refractivity contribution in [2.45, 2.75) is 31.4 Å². The standard InChI is InChI=1S/C11H19N3O/c1-14-7-8(6-13-14)5-10(12)11(15-2)9-3-4-9/h6-7,9-11H,3-5,12H2,1-2H3. The molecule has 4 heteroatoms. The van der Waals surface area contributed by atoms with E-state index < -0.39 is 0 Å². The minimum absolute atomic E-state index is 0.0895. The van der Waals surface area contributed by atoms with Gasteiger partial charge in [-0.25, -0.2) is 0 Å². The van der Waals surface area contributed by atoms with Crippen molar-refractivity contribution >= 4 is 0 Å². The first kappa shape index (κ1) is 10.6. The molecule has 1 aromatic heterocycles. The van der Waals surface area contributed by atoms with Crippen molar-refractivity contribution in [3.05, 3.63) is 18.0 Å². The Labute approximate surface area is 90.4 Å². The van der Waals surface area contributed by atoms with Crippen LogP contribution in [0.1, 0.15) is 18.4 Å². The van der Waals surface area contributed by atoms with Crippen LogP contribution in [0.2, 0.25) is 0 Å². The summed E-state index contributed by atoms with van der Waals surface area (Å²) in [5.74, 6) is 0.682. The molecule has 4 nitrogen and oxygen atoms in total. The van der Waals surface area contributed by atoms with Gasteiger partial charge in [0.05, 0.1) is 12.3 Å². The second-order valence-corrected chi connectivity index (χ2v) is 4.43. The van der Waals surface area contributed by atoms with Crippen LogP contribution in [0, 0.1) is 5.92 Å². The van der Waals surface area contributed by atoms with E-state index in [1.165, 1.54) is 18.4 Å². The van der Waals surface area contributed by atoms with Gasteiger partial charge in [-0.2, -0.15) is 5.10 Å². The van der Waals surface area contributed by atoms with E-state index in [2.05, 4.69) is 5.10 Å². The minimum Gasteiger partial charge on any atom is -0.380 e. The van der Waals surface area contributed by atoms with E-state index >= 15 is 0 Å². The monoisotopic (exact) mass is 209 g/mol. The molecule has 2 atom stereocenters.